The maximum Gasteiger partial charge on any atom is 0.256 e. The van der Waals surface area contributed by atoms with Gasteiger partial charge in [0.1, 0.15) is 11.6 Å². The van der Waals surface area contributed by atoms with Gasteiger partial charge in [-0.3, -0.25) is 9.59 Å². The minimum Gasteiger partial charge on any atom is -0.339 e. The normalized spacial score (nSPS) is 13.8. The molecule has 2 aromatic carbocycles. The molecule has 0 aliphatic carbocycles. The van der Waals surface area contributed by atoms with Crippen LogP contribution in [0.1, 0.15) is 39.1 Å². The lowest BCUT2D eigenvalue weighted by molar-refractivity contribution is 0.0793. The van der Waals surface area contributed by atoms with Gasteiger partial charge in [-0.15, -0.1) is 0 Å². The summed E-state index contributed by atoms with van der Waals surface area (Å²) >= 11 is 0. The van der Waals surface area contributed by atoms with Crippen molar-refractivity contribution in [3.63, 3.8) is 0 Å². The van der Waals surface area contributed by atoms with Crippen molar-refractivity contribution >= 4 is 17.5 Å². The van der Waals surface area contributed by atoms with Crippen molar-refractivity contribution in [2.45, 2.75) is 19.8 Å². The third-order valence-electron chi connectivity index (χ3n) is 4.25. The number of halogens is 2. The third kappa shape index (κ3) is 3.68. The molecule has 3 rings (SSSR count). The lowest BCUT2D eigenvalue weighted by atomic mass is 10.0. The molecule has 0 radical (unpaired) electrons. The Hall–Kier alpha value is -2.76. The molecule has 4 nitrogen and oxygen atoms in total. The first-order valence-electron chi connectivity index (χ1n) is 8.12. The molecule has 0 unspecified atom stereocenters. The summed E-state index contributed by atoms with van der Waals surface area (Å²) in [6.45, 7) is 3.17. The third-order valence-corrected chi connectivity index (χ3v) is 4.25. The SMILES string of the molecule is Cc1cccc(NC(=O)c2cc(F)cc(F)c2)c1C(=O)N1CCCC1. The van der Waals surface area contributed by atoms with E-state index < -0.39 is 17.5 Å². The van der Waals surface area contributed by atoms with E-state index in [0.29, 0.717) is 30.4 Å². The molecule has 1 aliphatic rings. The van der Waals surface area contributed by atoms with Crippen molar-refractivity contribution in [2.24, 2.45) is 0 Å². The number of nitrogens with one attached hydrogen (secondary N) is 1. The number of benzene rings is 2. The number of carbonyl (C=O) groups is 2. The fourth-order valence-corrected chi connectivity index (χ4v) is 3.01. The van der Waals surface area contributed by atoms with Crippen molar-refractivity contribution in [3.05, 3.63) is 64.7 Å². The molecular weight excluding hydrogens is 326 g/mol. The number of carbonyl (C=O) groups excluding carboxylic acids is 2. The van der Waals surface area contributed by atoms with Crippen molar-refractivity contribution < 1.29 is 18.4 Å². The minimum absolute atomic E-state index is 0.140. The molecule has 130 valence electrons. The van der Waals surface area contributed by atoms with Crippen LogP contribution in [-0.2, 0) is 0 Å². The zero-order valence-corrected chi connectivity index (χ0v) is 13.8. The van der Waals surface area contributed by atoms with Crippen LogP contribution in [-0.4, -0.2) is 29.8 Å². The highest BCUT2D eigenvalue weighted by Gasteiger charge is 2.24. The highest BCUT2D eigenvalue weighted by molar-refractivity contribution is 6.09. The van der Waals surface area contributed by atoms with E-state index in [-0.39, 0.29) is 11.5 Å². The van der Waals surface area contributed by atoms with Gasteiger partial charge in [0.2, 0.25) is 0 Å². The average Bonchev–Trinajstić information content (AvgIpc) is 3.08. The first-order chi connectivity index (χ1) is 12.0. The Kier molecular flexibility index (Phi) is 4.79. The second-order valence-corrected chi connectivity index (χ2v) is 6.11. The molecule has 0 saturated carbocycles. The van der Waals surface area contributed by atoms with Gasteiger partial charge in [-0.25, -0.2) is 8.78 Å². The molecule has 1 saturated heterocycles. The maximum atomic E-state index is 13.3. The summed E-state index contributed by atoms with van der Waals surface area (Å²) in [5.41, 5.74) is 1.35. The highest BCUT2D eigenvalue weighted by atomic mass is 19.1. The molecule has 0 atom stereocenters. The lowest BCUT2D eigenvalue weighted by Gasteiger charge is -2.19. The quantitative estimate of drug-likeness (QED) is 0.922. The van der Waals surface area contributed by atoms with Gasteiger partial charge in [0.25, 0.3) is 11.8 Å². The maximum absolute atomic E-state index is 13.3. The Morgan fingerprint density at radius 2 is 1.68 bits per heavy atom. The molecular formula is C19H18F2N2O2. The molecule has 0 bridgehead atoms. The zero-order valence-electron chi connectivity index (χ0n) is 13.8. The first-order valence-corrected chi connectivity index (χ1v) is 8.12. The van der Waals surface area contributed by atoms with E-state index >= 15 is 0 Å². The van der Waals surface area contributed by atoms with Gasteiger partial charge in [0.05, 0.1) is 11.3 Å². The van der Waals surface area contributed by atoms with Crippen molar-refractivity contribution in [2.75, 3.05) is 18.4 Å². The van der Waals surface area contributed by atoms with Crippen LogP contribution in [0.15, 0.2) is 36.4 Å². The van der Waals surface area contributed by atoms with E-state index in [1.54, 1.807) is 30.0 Å². The number of hydrogen-bond donors (Lipinski definition) is 1. The Balaban J connectivity index is 1.90. The molecule has 0 spiro atoms. The van der Waals surface area contributed by atoms with Gasteiger partial charge < -0.3 is 10.2 Å². The summed E-state index contributed by atoms with van der Waals surface area (Å²) in [5, 5.41) is 2.61. The van der Waals surface area contributed by atoms with Gasteiger partial charge in [0.15, 0.2) is 0 Å². The van der Waals surface area contributed by atoms with Crippen molar-refractivity contribution in [1.29, 1.82) is 0 Å². The largest absolute Gasteiger partial charge is 0.339 e. The molecule has 1 heterocycles. The van der Waals surface area contributed by atoms with Gasteiger partial charge in [0, 0.05) is 24.7 Å². The molecule has 1 N–H and O–H groups in total. The van der Waals surface area contributed by atoms with Gasteiger partial charge in [-0.2, -0.15) is 0 Å². The number of hydrogen-bond acceptors (Lipinski definition) is 2. The Morgan fingerprint density at radius 3 is 2.32 bits per heavy atom. The standard InChI is InChI=1S/C19H18F2N2O2/c1-12-5-4-6-16(17(12)19(25)23-7-2-3-8-23)22-18(24)13-9-14(20)11-15(21)10-13/h4-6,9-11H,2-3,7-8H2,1H3,(H,22,24). The minimum atomic E-state index is -0.831. The summed E-state index contributed by atoms with van der Waals surface area (Å²) < 4.78 is 26.6. The summed E-state index contributed by atoms with van der Waals surface area (Å²) in [7, 11) is 0. The van der Waals surface area contributed by atoms with Gasteiger partial charge in [-0.05, 0) is 43.5 Å². The lowest BCUT2D eigenvalue weighted by Crippen LogP contribution is -2.29. The molecule has 2 amide bonds. The predicted octanol–water partition coefficient (Wildman–Crippen LogP) is 3.76. The van der Waals surface area contributed by atoms with E-state index in [4.69, 9.17) is 0 Å². The van der Waals surface area contributed by atoms with E-state index in [1.807, 2.05) is 0 Å². The number of rotatable bonds is 3. The molecule has 2 aromatic rings. The fraction of sp³-hybridized carbons (Fsp3) is 0.263. The summed E-state index contributed by atoms with van der Waals surface area (Å²) in [6.07, 6.45) is 1.92. The topological polar surface area (TPSA) is 49.4 Å². The second kappa shape index (κ2) is 7.01. The van der Waals surface area contributed by atoms with Crippen LogP contribution < -0.4 is 5.32 Å². The van der Waals surface area contributed by atoms with Crippen LogP contribution in [0.4, 0.5) is 14.5 Å². The molecule has 6 heteroatoms. The Labute approximate surface area is 144 Å². The fourth-order valence-electron chi connectivity index (χ4n) is 3.01. The van der Waals surface area contributed by atoms with Crippen LogP contribution in [0.5, 0.6) is 0 Å². The van der Waals surface area contributed by atoms with Crippen molar-refractivity contribution in [3.8, 4) is 0 Å². The molecule has 1 fully saturated rings. The monoisotopic (exact) mass is 344 g/mol. The summed E-state index contributed by atoms with van der Waals surface area (Å²) in [5.74, 6) is -2.47. The van der Waals surface area contributed by atoms with Crippen LogP contribution in [0.3, 0.4) is 0 Å². The van der Waals surface area contributed by atoms with Crippen LogP contribution >= 0.6 is 0 Å². The van der Waals surface area contributed by atoms with E-state index in [2.05, 4.69) is 5.32 Å². The van der Waals surface area contributed by atoms with E-state index in [0.717, 1.165) is 30.5 Å². The zero-order chi connectivity index (χ0) is 18.0. The number of amides is 2. The molecule has 1 aliphatic heterocycles. The Morgan fingerprint density at radius 1 is 1.04 bits per heavy atom. The summed E-state index contributed by atoms with van der Waals surface area (Å²) in [4.78, 5) is 26.9. The van der Waals surface area contributed by atoms with Crippen LogP contribution in [0.2, 0.25) is 0 Å². The van der Waals surface area contributed by atoms with Crippen LogP contribution in [0.25, 0.3) is 0 Å². The number of likely N-dealkylation sites (tertiary alicyclic amines) is 1. The van der Waals surface area contributed by atoms with Gasteiger partial charge in [-0.1, -0.05) is 12.1 Å². The second-order valence-electron chi connectivity index (χ2n) is 6.11. The predicted molar refractivity (Wildman–Crippen MR) is 90.6 cm³/mol. The Bertz CT molecular complexity index is 810. The average molecular weight is 344 g/mol. The van der Waals surface area contributed by atoms with E-state index in [9.17, 15) is 18.4 Å². The van der Waals surface area contributed by atoms with Crippen LogP contribution in [0, 0.1) is 18.6 Å². The number of aryl methyl sites for hydroxylation is 1. The number of anilines is 1. The first kappa shape index (κ1) is 17.1. The smallest absolute Gasteiger partial charge is 0.256 e. The van der Waals surface area contributed by atoms with E-state index in [1.165, 1.54) is 0 Å². The van der Waals surface area contributed by atoms with Crippen molar-refractivity contribution in [1.82, 2.24) is 4.90 Å². The highest BCUT2D eigenvalue weighted by Crippen LogP contribution is 2.24. The number of nitrogens with zero attached hydrogens (tertiary/aromatic N) is 1. The molecule has 25 heavy (non-hydrogen) atoms. The molecule has 0 aromatic heterocycles. The van der Waals surface area contributed by atoms with Gasteiger partial charge >= 0.3 is 0 Å². The summed E-state index contributed by atoms with van der Waals surface area (Å²) in [6, 6.07) is 7.74.